The van der Waals surface area contributed by atoms with E-state index < -0.39 is 0 Å². The summed E-state index contributed by atoms with van der Waals surface area (Å²) >= 11 is 3.55. The quantitative estimate of drug-likeness (QED) is 0.729. The molecule has 0 bridgehead atoms. The van der Waals surface area contributed by atoms with Gasteiger partial charge in [0.15, 0.2) is 0 Å². The van der Waals surface area contributed by atoms with Crippen LogP contribution in [0.2, 0.25) is 0 Å². The molecular weight excluding hydrogens is 228 g/mol. The van der Waals surface area contributed by atoms with Gasteiger partial charge >= 0.3 is 0 Å². The predicted molar refractivity (Wildman–Crippen MR) is 59.4 cm³/mol. The van der Waals surface area contributed by atoms with Gasteiger partial charge in [0, 0.05) is 0 Å². The van der Waals surface area contributed by atoms with Gasteiger partial charge in [0.2, 0.25) is 0 Å². The molecule has 0 heterocycles. The van der Waals surface area contributed by atoms with Crippen LogP contribution in [0.4, 0.5) is 0 Å². The highest BCUT2D eigenvalue weighted by Gasteiger charge is 2.18. The van der Waals surface area contributed by atoms with Gasteiger partial charge < -0.3 is 4.74 Å². The van der Waals surface area contributed by atoms with Crippen LogP contribution >= 0.6 is 15.9 Å². The molecule has 0 aromatic heterocycles. The van der Waals surface area contributed by atoms with Crippen molar-refractivity contribution in [1.82, 2.24) is 0 Å². The summed E-state index contributed by atoms with van der Waals surface area (Å²) < 4.78 is 6.29. The standard InChI is InChI=1S/C11H15BrO/c1-11(2,3)8-6-5-7-9(13-4)10(8)12/h5-7H,1-4H3. The smallest absolute Gasteiger partial charge is 0.133 e. The molecule has 0 spiro atoms. The first kappa shape index (κ1) is 10.6. The van der Waals surface area contributed by atoms with E-state index in [1.54, 1.807) is 7.11 Å². The molecule has 0 unspecified atom stereocenters. The van der Waals surface area contributed by atoms with Crippen molar-refractivity contribution in [3.63, 3.8) is 0 Å². The maximum absolute atomic E-state index is 5.23. The molecule has 0 saturated carbocycles. The van der Waals surface area contributed by atoms with Crippen molar-refractivity contribution in [2.24, 2.45) is 0 Å². The molecule has 0 atom stereocenters. The fourth-order valence-electron chi connectivity index (χ4n) is 1.25. The molecule has 1 aromatic carbocycles. The number of hydrogen-bond donors (Lipinski definition) is 0. The molecule has 0 radical (unpaired) electrons. The molecule has 0 aliphatic heterocycles. The van der Waals surface area contributed by atoms with Crippen LogP contribution in [0, 0.1) is 0 Å². The Bertz CT molecular complexity index is 299. The van der Waals surface area contributed by atoms with Crippen molar-refractivity contribution in [2.75, 3.05) is 7.11 Å². The third-order valence-electron chi connectivity index (χ3n) is 1.99. The Hall–Kier alpha value is -0.500. The van der Waals surface area contributed by atoms with Gasteiger partial charge in [0.1, 0.15) is 5.75 Å². The Labute approximate surface area is 88.2 Å². The van der Waals surface area contributed by atoms with Crippen LogP contribution in [0.3, 0.4) is 0 Å². The number of ether oxygens (including phenoxy) is 1. The number of halogens is 1. The Kier molecular flexibility index (Phi) is 3.01. The maximum Gasteiger partial charge on any atom is 0.133 e. The van der Waals surface area contributed by atoms with Gasteiger partial charge in [-0.15, -0.1) is 0 Å². The highest BCUT2D eigenvalue weighted by molar-refractivity contribution is 9.10. The van der Waals surface area contributed by atoms with Gasteiger partial charge in [0.25, 0.3) is 0 Å². The maximum atomic E-state index is 5.23. The van der Waals surface area contributed by atoms with E-state index in [9.17, 15) is 0 Å². The lowest BCUT2D eigenvalue weighted by molar-refractivity contribution is 0.409. The average Bonchev–Trinajstić information content (AvgIpc) is 2.02. The fourth-order valence-corrected chi connectivity index (χ4v) is 2.27. The fraction of sp³-hybridized carbons (Fsp3) is 0.455. The second-order valence-electron chi connectivity index (χ2n) is 4.07. The molecule has 0 amide bonds. The normalized spacial score (nSPS) is 11.5. The summed E-state index contributed by atoms with van der Waals surface area (Å²) in [6.45, 7) is 6.56. The molecule has 0 fully saturated rings. The summed E-state index contributed by atoms with van der Waals surface area (Å²) in [6.07, 6.45) is 0. The summed E-state index contributed by atoms with van der Waals surface area (Å²) in [6, 6.07) is 6.09. The first-order valence-electron chi connectivity index (χ1n) is 4.30. The van der Waals surface area contributed by atoms with Gasteiger partial charge in [-0.1, -0.05) is 32.9 Å². The van der Waals surface area contributed by atoms with E-state index in [1.807, 2.05) is 12.1 Å². The van der Waals surface area contributed by atoms with E-state index in [-0.39, 0.29) is 5.41 Å². The third kappa shape index (κ3) is 2.25. The van der Waals surface area contributed by atoms with E-state index in [4.69, 9.17) is 4.74 Å². The summed E-state index contributed by atoms with van der Waals surface area (Å²) in [7, 11) is 1.69. The van der Waals surface area contributed by atoms with E-state index in [0.717, 1.165) is 10.2 Å². The first-order chi connectivity index (χ1) is 5.96. The molecule has 0 saturated heterocycles. The Morgan fingerprint density at radius 2 is 1.85 bits per heavy atom. The minimum absolute atomic E-state index is 0.146. The second kappa shape index (κ2) is 3.70. The molecule has 1 nitrogen and oxygen atoms in total. The van der Waals surface area contributed by atoms with Crippen LogP contribution in [0.25, 0.3) is 0 Å². The highest BCUT2D eigenvalue weighted by atomic mass is 79.9. The molecule has 2 heteroatoms. The van der Waals surface area contributed by atoms with E-state index in [2.05, 4.69) is 42.8 Å². The number of rotatable bonds is 1. The van der Waals surface area contributed by atoms with E-state index in [1.165, 1.54) is 5.56 Å². The van der Waals surface area contributed by atoms with Crippen molar-refractivity contribution in [3.05, 3.63) is 28.2 Å². The summed E-state index contributed by atoms with van der Waals surface area (Å²) in [5.41, 5.74) is 1.42. The van der Waals surface area contributed by atoms with Crippen LogP contribution in [-0.4, -0.2) is 7.11 Å². The molecule has 0 N–H and O–H groups in total. The Balaban J connectivity index is 3.24. The van der Waals surface area contributed by atoms with Gasteiger partial charge in [-0.3, -0.25) is 0 Å². The van der Waals surface area contributed by atoms with Crippen molar-refractivity contribution in [2.45, 2.75) is 26.2 Å². The second-order valence-corrected chi connectivity index (χ2v) is 4.86. The summed E-state index contributed by atoms with van der Waals surface area (Å²) in [5.74, 6) is 0.896. The average molecular weight is 243 g/mol. The van der Waals surface area contributed by atoms with Gasteiger partial charge in [-0.25, -0.2) is 0 Å². The molecule has 1 rings (SSSR count). The lowest BCUT2D eigenvalue weighted by Crippen LogP contribution is -2.12. The van der Waals surface area contributed by atoms with Gasteiger partial charge in [-0.2, -0.15) is 0 Å². The van der Waals surface area contributed by atoms with Gasteiger partial charge in [-0.05, 0) is 33.0 Å². The molecule has 0 aliphatic carbocycles. The van der Waals surface area contributed by atoms with Crippen LogP contribution < -0.4 is 4.74 Å². The largest absolute Gasteiger partial charge is 0.496 e. The summed E-state index contributed by atoms with van der Waals surface area (Å²) in [5, 5.41) is 0. The summed E-state index contributed by atoms with van der Waals surface area (Å²) in [4.78, 5) is 0. The van der Waals surface area contributed by atoms with Crippen molar-refractivity contribution >= 4 is 15.9 Å². The molecular formula is C11H15BrO. The zero-order valence-electron chi connectivity index (χ0n) is 8.52. The van der Waals surface area contributed by atoms with Crippen LogP contribution in [0.5, 0.6) is 5.75 Å². The third-order valence-corrected chi connectivity index (χ3v) is 2.81. The predicted octanol–water partition coefficient (Wildman–Crippen LogP) is 3.76. The number of benzene rings is 1. The van der Waals surface area contributed by atoms with Crippen LogP contribution in [0.15, 0.2) is 22.7 Å². The van der Waals surface area contributed by atoms with E-state index in [0.29, 0.717) is 0 Å². The molecule has 13 heavy (non-hydrogen) atoms. The van der Waals surface area contributed by atoms with Gasteiger partial charge in [0.05, 0.1) is 11.6 Å². The Morgan fingerprint density at radius 1 is 1.23 bits per heavy atom. The topological polar surface area (TPSA) is 9.23 Å². The van der Waals surface area contributed by atoms with Crippen molar-refractivity contribution in [1.29, 1.82) is 0 Å². The minimum atomic E-state index is 0.146. The molecule has 0 aliphatic rings. The van der Waals surface area contributed by atoms with Crippen LogP contribution in [-0.2, 0) is 5.41 Å². The zero-order chi connectivity index (χ0) is 10.1. The zero-order valence-corrected chi connectivity index (χ0v) is 10.1. The lowest BCUT2D eigenvalue weighted by atomic mass is 9.87. The van der Waals surface area contributed by atoms with Crippen molar-refractivity contribution in [3.8, 4) is 5.75 Å². The number of hydrogen-bond acceptors (Lipinski definition) is 1. The first-order valence-corrected chi connectivity index (χ1v) is 5.09. The molecule has 72 valence electrons. The highest BCUT2D eigenvalue weighted by Crippen LogP contribution is 2.35. The lowest BCUT2D eigenvalue weighted by Gasteiger charge is -2.21. The van der Waals surface area contributed by atoms with E-state index >= 15 is 0 Å². The monoisotopic (exact) mass is 242 g/mol. The van der Waals surface area contributed by atoms with Crippen molar-refractivity contribution < 1.29 is 4.74 Å². The minimum Gasteiger partial charge on any atom is -0.496 e. The van der Waals surface area contributed by atoms with Crippen LogP contribution in [0.1, 0.15) is 26.3 Å². The SMILES string of the molecule is COc1cccc(C(C)(C)C)c1Br. The Morgan fingerprint density at radius 3 is 2.31 bits per heavy atom. The molecule has 1 aromatic rings. The number of methoxy groups -OCH3 is 1.